The molecule has 2 N–H and O–H groups in total. The van der Waals surface area contributed by atoms with E-state index >= 15 is 0 Å². The van der Waals surface area contributed by atoms with E-state index in [0.29, 0.717) is 12.1 Å². The molecular formula is C13H14N4O3. The SMILES string of the molecule is CCc1nn(C)cc1NC(=O)c1ncccc1C(=O)O. The van der Waals surface area contributed by atoms with Gasteiger partial charge in [-0.2, -0.15) is 5.10 Å². The summed E-state index contributed by atoms with van der Waals surface area (Å²) in [5.41, 5.74) is 1.04. The van der Waals surface area contributed by atoms with Crippen molar-refractivity contribution in [2.24, 2.45) is 7.05 Å². The van der Waals surface area contributed by atoms with Crippen molar-refractivity contribution in [3.63, 3.8) is 0 Å². The first kappa shape index (κ1) is 13.7. The number of rotatable bonds is 4. The molecule has 0 aliphatic heterocycles. The minimum absolute atomic E-state index is 0.120. The molecule has 2 heterocycles. The molecule has 0 spiro atoms. The predicted octanol–water partition coefficient (Wildman–Crippen LogP) is 1.33. The Bertz CT molecular complexity index is 663. The number of hydrogen-bond donors (Lipinski definition) is 2. The number of carboxylic acids is 1. The van der Waals surface area contributed by atoms with Gasteiger partial charge in [0.25, 0.3) is 5.91 Å². The van der Waals surface area contributed by atoms with Crippen molar-refractivity contribution >= 4 is 17.6 Å². The number of aromatic carboxylic acids is 1. The van der Waals surface area contributed by atoms with Crippen LogP contribution in [-0.2, 0) is 13.5 Å². The lowest BCUT2D eigenvalue weighted by Gasteiger charge is -2.06. The molecule has 0 bridgehead atoms. The van der Waals surface area contributed by atoms with Crippen molar-refractivity contribution in [2.45, 2.75) is 13.3 Å². The first-order chi connectivity index (χ1) is 9.52. The van der Waals surface area contributed by atoms with Gasteiger partial charge in [0.2, 0.25) is 0 Å². The second kappa shape index (κ2) is 5.52. The Kier molecular flexibility index (Phi) is 3.79. The Balaban J connectivity index is 2.31. The maximum Gasteiger partial charge on any atom is 0.338 e. The van der Waals surface area contributed by atoms with Gasteiger partial charge in [-0.15, -0.1) is 0 Å². The summed E-state index contributed by atoms with van der Waals surface area (Å²) in [6.07, 6.45) is 3.70. The van der Waals surface area contributed by atoms with Gasteiger partial charge in [0, 0.05) is 19.4 Å². The van der Waals surface area contributed by atoms with Crippen LogP contribution in [0.2, 0.25) is 0 Å². The predicted molar refractivity (Wildman–Crippen MR) is 71.7 cm³/mol. The number of amides is 1. The van der Waals surface area contributed by atoms with Crippen molar-refractivity contribution in [3.8, 4) is 0 Å². The van der Waals surface area contributed by atoms with Gasteiger partial charge in [-0.1, -0.05) is 6.92 Å². The van der Waals surface area contributed by atoms with E-state index in [-0.39, 0.29) is 11.3 Å². The maximum absolute atomic E-state index is 12.1. The fraction of sp³-hybridized carbons (Fsp3) is 0.231. The normalized spacial score (nSPS) is 10.3. The molecule has 2 rings (SSSR count). The molecule has 0 saturated heterocycles. The summed E-state index contributed by atoms with van der Waals surface area (Å²) >= 11 is 0. The number of anilines is 1. The summed E-state index contributed by atoms with van der Waals surface area (Å²) in [7, 11) is 1.75. The molecule has 2 aromatic heterocycles. The van der Waals surface area contributed by atoms with Crippen molar-refractivity contribution in [3.05, 3.63) is 41.5 Å². The Morgan fingerprint density at radius 3 is 2.85 bits per heavy atom. The van der Waals surface area contributed by atoms with Crippen LogP contribution in [0.1, 0.15) is 33.5 Å². The largest absolute Gasteiger partial charge is 0.478 e. The number of hydrogen-bond acceptors (Lipinski definition) is 4. The number of carbonyl (C=O) groups is 2. The third-order valence-corrected chi connectivity index (χ3v) is 2.74. The van der Waals surface area contributed by atoms with Gasteiger partial charge in [0.1, 0.15) is 5.69 Å². The van der Waals surface area contributed by atoms with Gasteiger partial charge in [-0.25, -0.2) is 4.79 Å². The highest BCUT2D eigenvalue weighted by molar-refractivity contribution is 6.09. The van der Waals surface area contributed by atoms with Crippen LogP contribution >= 0.6 is 0 Å². The minimum atomic E-state index is -1.19. The third kappa shape index (κ3) is 2.66. The molecule has 0 unspecified atom stereocenters. The van der Waals surface area contributed by atoms with Gasteiger partial charge < -0.3 is 10.4 Å². The van der Waals surface area contributed by atoms with E-state index in [9.17, 15) is 9.59 Å². The number of nitrogens with zero attached hydrogens (tertiary/aromatic N) is 3. The number of carbonyl (C=O) groups excluding carboxylic acids is 1. The van der Waals surface area contributed by atoms with Crippen molar-refractivity contribution in [1.82, 2.24) is 14.8 Å². The van der Waals surface area contributed by atoms with Crippen LogP contribution in [0.4, 0.5) is 5.69 Å². The Hall–Kier alpha value is -2.70. The van der Waals surface area contributed by atoms with E-state index in [1.807, 2.05) is 6.92 Å². The second-order valence-electron chi connectivity index (χ2n) is 4.18. The summed E-state index contributed by atoms with van der Waals surface area (Å²) in [4.78, 5) is 27.1. The highest BCUT2D eigenvalue weighted by Crippen LogP contribution is 2.15. The van der Waals surface area contributed by atoms with E-state index in [2.05, 4.69) is 15.4 Å². The molecular weight excluding hydrogens is 260 g/mol. The average molecular weight is 274 g/mol. The summed E-state index contributed by atoms with van der Waals surface area (Å²) in [5, 5.41) is 15.9. The van der Waals surface area contributed by atoms with Crippen LogP contribution in [-0.4, -0.2) is 31.7 Å². The van der Waals surface area contributed by atoms with Crippen LogP contribution < -0.4 is 5.32 Å². The highest BCUT2D eigenvalue weighted by Gasteiger charge is 2.19. The Labute approximate surface area is 115 Å². The van der Waals surface area contributed by atoms with Gasteiger partial charge in [-0.05, 0) is 18.6 Å². The number of aryl methyl sites for hydroxylation is 2. The van der Waals surface area contributed by atoms with E-state index in [0.717, 1.165) is 5.69 Å². The topological polar surface area (TPSA) is 97.1 Å². The summed E-state index contributed by atoms with van der Waals surface area (Å²) < 4.78 is 1.59. The average Bonchev–Trinajstić information content (AvgIpc) is 2.78. The smallest absolute Gasteiger partial charge is 0.338 e. The molecule has 0 fully saturated rings. The van der Waals surface area contributed by atoms with Crippen LogP contribution in [0.15, 0.2) is 24.5 Å². The Morgan fingerprint density at radius 1 is 1.45 bits per heavy atom. The zero-order valence-electron chi connectivity index (χ0n) is 11.1. The molecule has 7 nitrogen and oxygen atoms in total. The van der Waals surface area contributed by atoms with Crippen molar-refractivity contribution < 1.29 is 14.7 Å². The fourth-order valence-corrected chi connectivity index (χ4v) is 1.84. The number of nitrogens with one attached hydrogen (secondary N) is 1. The van der Waals surface area contributed by atoms with Crippen molar-refractivity contribution in [1.29, 1.82) is 0 Å². The third-order valence-electron chi connectivity index (χ3n) is 2.74. The molecule has 0 saturated carbocycles. The minimum Gasteiger partial charge on any atom is -0.478 e. The molecule has 20 heavy (non-hydrogen) atoms. The monoisotopic (exact) mass is 274 g/mol. The summed E-state index contributed by atoms with van der Waals surface area (Å²) in [6, 6.07) is 2.82. The van der Waals surface area contributed by atoms with Crippen LogP contribution in [0, 0.1) is 0 Å². The lowest BCUT2D eigenvalue weighted by Crippen LogP contribution is -2.18. The zero-order valence-corrected chi connectivity index (χ0v) is 11.1. The van der Waals surface area contributed by atoms with Gasteiger partial charge in [0.05, 0.1) is 16.9 Å². The second-order valence-corrected chi connectivity index (χ2v) is 4.18. The van der Waals surface area contributed by atoms with Crippen molar-refractivity contribution in [2.75, 3.05) is 5.32 Å². The van der Waals surface area contributed by atoms with E-state index in [1.54, 1.807) is 17.9 Å². The highest BCUT2D eigenvalue weighted by atomic mass is 16.4. The maximum atomic E-state index is 12.1. The van der Waals surface area contributed by atoms with Gasteiger partial charge in [-0.3, -0.25) is 14.5 Å². The molecule has 0 radical (unpaired) electrons. The Morgan fingerprint density at radius 2 is 2.20 bits per heavy atom. The van der Waals surface area contributed by atoms with E-state index < -0.39 is 11.9 Å². The fourth-order valence-electron chi connectivity index (χ4n) is 1.84. The molecule has 2 aromatic rings. The van der Waals surface area contributed by atoms with Gasteiger partial charge in [0.15, 0.2) is 0 Å². The molecule has 0 aromatic carbocycles. The summed E-state index contributed by atoms with van der Waals surface area (Å²) in [5.74, 6) is -1.75. The molecule has 0 aliphatic carbocycles. The quantitative estimate of drug-likeness (QED) is 0.876. The first-order valence-electron chi connectivity index (χ1n) is 6.05. The van der Waals surface area contributed by atoms with Crippen LogP contribution in [0.5, 0.6) is 0 Å². The lowest BCUT2D eigenvalue weighted by atomic mass is 10.2. The lowest BCUT2D eigenvalue weighted by molar-refractivity contribution is 0.0691. The molecule has 7 heteroatoms. The summed E-state index contributed by atoms with van der Waals surface area (Å²) in [6.45, 7) is 1.92. The van der Waals surface area contributed by atoms with Crippen LogP contribution in [0.3, 0.4) is 0 Å². The molecule has 1 amide bonds. The molecule has 0 aliphatic rings. The standard InChI is InChI=1S/C13H14N4O3/c1-3-9-10(7-17(2)16-9)15-12(18)11-8(13(19)20)5-4-6-14-11/h4-7H,3H2,1-2H3,(H,15,18)(H,19,20). The molecule has 0 atom stereocenters. The van der Waals surface area contributed by atoms with E-state index in [1.165, 1.54) is 18.3 Å². The first-order valence-corrected chi connectivity index (χ1v) is 6.05. The molecule has 104 valence electrons. The number of aromatic nitrogens is 3. The van der Waals surface area contributed by atoms with E-state index in [4.69, 9.17) is 5.11 Å². The van der Waals surface area contributed by atoms with Crippen LogP contribution in [0.25, 0.3) is 0 Å². The number of carboxylic acid groups (broad SMARTS) is 1. The number of pyridine rings is 1. The zero-order chi connectivity index (χ0) is 14.7. The van der Waals surface area contributed by atoms with Gasteiger partial charge >= 0.3 is 5.97 Å².